The van der Waals surface area contributed by atoms with E-state index >= 15 is 0 Å². The number of rotatable bonds is 4. The second-order valence-electron chi connectivity index (χ2n) is 7.73. The molecule has 1 aromatic carbocycles. The fraction of sp³-hybridized carbons (Fsp3) is 0.636. The number of aryl methyl sites for hydroxylation is 1. The van der Waals surface area contributed by atoms with Crippen LogP contribution in [0.4, 0.5) is 4.39 Å². The molecule has 126 valence electrons. The summed E-state index contributed by atoms with van der Waals surface area (Å²) in [5.74, 6) is 3.19. The van der Waals surface area contributed by atoms with Crippen molar-refractivity contribution in [3.63, 3.8) is 0 Å². The van der Waals surface area contributed by atoms with Crippen LogP contribution in [0.5, 0.6) is 0 Å². The van der Waals surface area contributed by atoms with Crippen LogP contribution >= 0.6 is 0 Å². The third-order valence-electron chi connectivity index (χ3n) is 6.19. The maximum atomic E-state index is 14.3. The highest BCUT2D eigenvalue weighted by molar-refractivity contribution is 5.27. The Hall–Kier alpha value is -1.11. The first-order valence-corrected chi connectivity index (χ1v) is 9.62. The van der Waals surface area contributed by atoms with E-state index in [9.17, 15) is 4.39 Å². The number of fused-ring (bicyclic) bond motifs is 1. The Balaban J connectivity index is 1.65. The lowest BCUT2D eigenvalue weighted by atomic mass is 9.64. The molecular formula is C22H31F. The molecule has 2 aliphatic rings. The molecule has 2 saturated carbocycles. The summed E-state index contributed by atoms with van der Waals surface area (Å²) < 4.78 is 14.3. The zero-order chi connectivity index (χ0) is 16.2. The van der Waals surface area contributed by atoms with Crippen molar-refractivity contribution in [1.29, 1.82) is 0 Å². The van der Waals surface area contributed by atoms with Gasteiger partial charge in [-0.05, 0) is 92.7 Å². The average molecular weight is 314 g/mol. The molecule has 0 N–H and O–H groups in total. The molecule has 0 spiro atoms. The normalized spacial score (nSPS) is 31.3. The Bertz CT molecular complexity index is 545. The fourth-order valence-corrected chi connectivity index (χ4v) is 4.96. The van der Waals surface area contributed by atoms with Crippen molar-refractivity contribution in [2.75, 3.05) is 0 Å². The molecule has 0 heterocycles. The van der Waals surface area contributed by atoms with E-state index in [2.05, 4.69) is 32.1 Å². The zero-order valence-corrected chi connectivity index (χ0v) is 14.7. The fourth-order valence-electron chi connectivity index (χ4n) is 4.96. The van der Waals surface area contributed by atoms with Crippen LogP contribution in [-0.4, -0.2) is 0 Å². The number of allylic oxidation sites excluding steroid dienone is 2. The molecule has 0 aliphatic heterocycles. The third-order valence-corrected chi connectivity index (χ3v) is 6.19. The quantitative estimate of drug-likeness (QED) is 0.545. The standard InChI is InChI=1S/C22H31F/c1-3-5-16-7-8-19-14-20(12-11-18(19)13-16)21-10-9-17(6-4-2)22(23)15-21/h3,5,9-10,15-16,18-20H,4,6-8,11-14H2,1-2H3. The average Bonchev–Trinajstić information content (AvgIpc) is 2.57. The lowest BCUT2D eigenvalue weighted by Crippen LogP contribution is -2.30. The van der Waals surface area contributed by atoms with Crippen LogP contribution in [0.1, 0.15) is 75.8 Å². The smallest absolute Gasteiger partial charge is 0.126 e. The number of halogens is 1. The van der Waals surface area contributed by atoms with E-state index in [0.717, 1.165) is 36.2 Å². The summed E-state index contributed by atoms with van der Waals surface area (Å²) in [6, 6.07) is 6.06. The lowest BCUT2D eigenvalue weighted by molar-refractivity contribution is 0.133. The Kier molecular flexibility index (Phi) is 5.56. The molecule has 4 atom stereocenters. The minimum Gasteiger partial charge on any atom is -0.207 e. The summed E-state index contributed by atoms with van der Waals surface area (Å²) in [5.41, 5.74) is 2.13. The van der Waals surface area contributed by atoms with Crippen molar-refractivity contribution in [3.05, 3.63) is 47.3 Å². The Morgan fingerprint density at radius 1 is 1.09 bits per heavy atom. The van der Waals surface area contributed by atoms with E-state index in [-0.39, 0.29) is 5.82 Å². The van der Waals surface area contributed by atoms with Crippen molar-refractivity contribution >= 4 is 0 Å². The van der Waals surface area contributed by atoms with Gasteiger partial charge in [0.2, 0.25) is 0 Å². The van der Waals surface area contributed by atoms with Crippen LogP contribution in [0.25, 0.3) is 0 Å². The largest absolute Gasteiger partial charge is 0.207 e. The van der Waals surface area contributed by atoms with Crippen LogP contribution in [0.15, 0.2) is 30.4 Å². The SMILES string of the molecule is CC=CC1CCC2CC(c3ccc(CCC)c(F)c3)CCC2C1. The highest BCUT2D eigenvalue weighted by Crippen LogP contribution is 2.47. The van der Waals surface area contributed by atoms with E-state index in [1.807, 2.05) is 12.1 Å². The van der Waals surface area contributed by atoms with Gasteiger partial charge in [-0.25, -0.2) is 4.39 Å². The van der Waals surface area contributed by atoms with Crippen molar-refractivity contribution in [2.45, 2.75) is 71.1 Å². The first-order valence-electron chi connectivity index (χ1n) is 9.62. The molecule has 3 rings (SSSR count). The first kappa shape index (κ1) is 16.7. The van der Waals surface area contributed by atoms with E-state index in [0.29, 0.717) is 5.92 Å². The van der Waals surface area contributed by atoms with Gasteiger partial charge in [-0.3, -0.25) is 0 Å². The molecule has 0 nitrogen and oxygen atoms in total. The van der Waals surface area contributed by atoms with Crippen molar-refractivity contribution in [1.82, 2.24) is 0 Å². The molecule has 1 heteroatoms. The maximum absolute atomic E-state index is 14.3. The predicted molar refractivity (Wildman–Crippen MR) is 96.1 cm³/mol. The molecule has 0 aromatic heterocycles. The second kappa shape index (κ2) is 7.64. The highest BCUT2D eigenvalue weighted by Gasteiger charge is 2.35. The van der Waals surface area contributed by atoms with Gasteiger partial charge < -0.3 is 0 Å². The minimum absolute atomic E-state index is 0.0169. The van der Waals surface area contributed by atoms with Crippen molar-refractivity contribution in [3.8, 4) is 0 Å². The molecule has 0 amide bonds. The molecule has 2 aliphatic carbocycles. The predicted octanol–water partition coefficient (Wildman–Crippen LogP) is 6.65. The molecule has 2 fully saturated rings. The van der Waals surface area contributed by atoms with Crippen molar-refractivity contribution in [2.24, 2.45) is 17.8 Å². The summed E-state index contributed by atoms with van der Waals surface area (Å²) in [5, 5.41) is 0. The van der Waals surface area contributed by atoms with E-state index in [4.69, 9.17) is 0 Å². The van der Waals surface area contributed by atoms with Gasteiger partial charge in [-0.1, -0.05) is 37.6 Å². The molecule has 23 heavy (non-hydrogen) atoms. The molecule has 0 saturated heterocycles. The Morgan fingerprint density at radius 2 is 1.87 bits per heavy atom. The van der Waals surface area contributed by atoms with Crippen LogP contribution in [0.2, 0.25) is 0 Å². The van der Waals surface area contributed by atoms with Crippen molar-refractivity contribution < 1.29 is 4.39 Å². The van der Waals surface area contributed by atoms with Gasteiger partial charge in [0.15, 0.2) is 0 Å². The van der Waals surface area contributed by atoms with Crippen LogP contribution in [0.3, 0.4) is 0 Å². The minimum atomic E-state index is 0.0169. The monoisotopic (exact) mass is 314 g/mol. The van der Waals surface area contributed by atoms with Gasteiger partial charge in [0.25, 0.3) is 0 Å². The van der Waals surface area contributed by atoms with Crippen LogP contribution in [-0.2, 0) is 6.42 Å². The Labute approximate surface area is 141 Å². The number of benzene rings is 1. The van der Waals surface area contributed by atoms with Crippen LogP contribution < -0.4 is 0 Å². The summed E-state index contributed by atoms with van der Waals surface area (Å²) in [7, 11) is 0. The van der Waals surface area contributed by atoms with E-state index in [1.54, 1.807) is 0 Å². The molecule has 4 unspecified atom stereocenters. The summed E-state index contributed by atoms with van der Waals surface area (Å²) in [6.07, 6.45) is 14.4. The number of hydrogen-bond acceptors (Lipinski definition) is 0. The molecule has 1 aromatic rings. The topological polar surface area (TPSA) is 0 Å². The zero-order valence-electron chi connectivity index (χ0n) is 14.7. The van der Waals surface area contributed by atoms with Gasteiger partial charge >= 0.3 is 0 Å². The molecule has 0 bridgehead atoms. The number of hydrogen-bond donors (Lipinski definition) is 0. The Morgan fingerprint density at radius 3 is 2.61 bits per heavy atom. The van der Waals surface area contributed by atoms with Gasteiger partial charge in [0, 0.05) is 0 Å². The summed E-state index contributed by atoms with van der Waals surface area (Å²) >= 11 is 0. The van der Waals surface area contributed by atoms with Gasteiger partial charge in [0.05, 0.1) is 0 Å². The second-order valence-corrected chi connectivity index (χ2v) is 7.73. The molecular weight excluding hydrogens is 283 g/mol. The first-order chi connectivity index (χ1) is 11.2. The van der Waals surface area contributed by atoms with Gasteiger partial charge in [0.1, 0.15) is 5.82 Å². The van der Waals surface area contributed by atoms with E-state index in [1.165, 1.54) is 44.1 Å². The molecule has 0 radical (unpaired) electrons. The maximum Gasteiger partial charge on any atom is 0.126 e. The lowest BCUT2D eigenvalue weighted by Gasteiger charge is -2.41. The summed E-state index contributed by atoms with van der Waals surface area (Å²) in [4.78, 5) is 0. The summed E-state index contributed by atoms with van der Waals surface area (Å²) in [6.45, 7) is 4.25. The van der Waals surface area contributed by atoms with Gasteiger partial charge in [-0.15, -0.1) is 0 Å². The third kappa shape index (κ3) is 3.87. The van der Waals surface area contributed by atoms with E-state index < -0.39 is 0 Å². The van der Waals surface area contributed by atoms with Gasteiger partial charge in [-0.2, -0.15) is 0 Å². The highest BCUT2D eigenvalue weighted by atomic mass is 19.1. The van der Waals surface area contributed by atoms with Crippen LogP contribution in [0, 0.1) is 23.6 Å².